The Hall–Kier alpha value is -0.900. The van der Waals surface area contributed by atoms with Crippen molar-refractivity contribution < 1.29 is 19.1 Å². The van der Waals surface area contributed by atoms with Gasteiger partial charge in [0.2, 0.25) is 0 Å². The van der Waals surface area contributed by atoms with Crippen LogP contribution in [-0.4, -0.2) is 31.1 Å². The van der Waals surface area contributed by atoms with Gasteiger partial charge in [-0.25, -0.2) is 0 Å². The lowest BCUT2D eigenvalue weighted by molar-refractivity contribution is -0.169. The molecule has 0 radical (unpaired) electrons. The number of carbonyl (C=O) groups excluding carboxylic acids is 2. The molecule has 0 heterocycles. The van der Waals surface area contributed by atoms with Gasteiger partial charge >= 0.3 is 5.97 Å². The van der Waals surface area contributed by atoms with Gasteiger partial charge in [-0.05, 0) is 33.6 Å². The maximum Gasteiger partial charge on any atom is 0.319 e. The normalized spacial score (nSPS) is 19.3. The predicted molar refractivity (Wildman–Crippen MR) is 68.2 cm³/mol. The van der Waals surface area contributed by atoms with Crippen LogP contribution >= 0.6 is 0 Å². The van der Waals surface area contributed by atoms with Crippen LogP contribution in [0, 0.1) is 5.41 Å². The van der Waals surface area contributed by atoms with E-state index in [9.17, 15) is 9.59 Å². The molecule has 4 nitrogen and oxygen atoms in total. The number of rotatable bonds is 5. The number of esters is 1. The molecule has 18 heavy (non-hydrogen) atoms. The second-order valence-electron chi connectivity index (χ2n) is 5.43. The van der Waals surface area contributed by atoms with E-state index in [0.29, 0.717) is 12.8 Å². The summed E-state index contributed by atoms with van der Waals surface area (Å²) in [6.45, 7) is 5.28. The smallest absolute Gasteiger partial charge is 0.319 e. The number of methoxy groups -OCH3 is 1. The highest BCUT2D eigenvalue weighted by molar-refractivity contribution is 6.07. The SMILES string of the molecule is CCOC(=O)C(C)(C)C(=O)C1(OC)CCCCC1. The molecular weight excluding hydrogens is 232 g/mol. The van der Waals surface area contributed by atoms with E-state index >= 15 is 0 Å². The minimum atomic E-state index is -1.14. The Morgan fingerprint density at radius 3 is 2.17 bits per heavy atom. The summed E-state index contributed by atoms with van der Waals surface area (Å²) >= 11 is 0. The first-order chi connectivity index (χ1) is 8.40. The Morgan fingerprint density at radius 2 is 1.72 bits per heavy atom. The molecule has 0 amide bonds. The van der Waals surface area contributed by atoms with E-state index in [1.807, 2.05) is 0 Å². The van der Waals surface area contributed by atoms with Crippen LogP contribution in [-0.2, 0) is 19.1 Å². The molecular formula is C14H24O4. The quantitative estimate of drug-likeness (QED) is 0.560. The van der Waals surface area contributed by atoms with Crippen molar-refractivity contribution in [2.75, 3.05) is 13.7 Å². The van der Waals surface area contributed by atoms with Gasteiger partial charge in [0.1, 0.15) is 11.0 Å². The molecule has 1 fully saturated rings. The van der Waals surface area contributed by atoms with Gasteiger partial charge in [-0.3, -0.25) is 9.59 Å². The molecule has 0 atom stereocenters. The summed E-state index contributed by atoms with van der Waals surface area (Å²) < 4.78 is 10.5. The van der Waals surface area contributed by atoms with Crippen LogP contribution < -0.4 is 0 Å². The fourth-order valence-corrected chi connectivity index (χ4v) is 2.62. The summed E-state index contributed by atoms with van der Waals surface area (Å²) in [7, 11) is 1.56. The summed E-state index contributed by atoms with van der Waals surface area (Å²) in [5.41, 5.74) is -1.93. The monoisotopic (exact) mass is 256 g/mol. The lowest BCUT2D eigenvalue weighted by Gasteiger charge is -2.38. The Morgan fingerprint density at radius 1 is 1.17 bits per heavy atom. The first kappa shape index (κ1) is 15.2. The Kier molecular flexibility index (Phi) is 4.91. The minimum absolute atomic E-state index is 0.143. The topological polar surface area (TPSA) is 52.6 Å². The van der Waals surface area contributed by atoms with Crippen molar-refractivity contribution in [3.63, 3.8) is 0 Å². The Balaban J connectivity index is 2.92. The predicted octanol–water partition coefficient (Wildman–Crippen LogP) is 2.49. The highest BCUT2D eigenvalue weighted by atomic mass is 16.5. The van der Waals surface area contributed by atoms with E-state index in [1.165, 1.54) is 0 Å². The average Bonchev–Trinajstić information content (AvgIpc) is 2.38. The lowest BCUT2D eigenvalue weighted by atomic mass is 9.72. The van der Waals surface area contributed by atoms with Crippen molar-refractivity contribution in [3.8, 4) is 0 Å². The molecule has 1 saturated carbocycles. The average molecular weight is 256 g/mol. The molecule has 4 heteroatoms. The minimum Gasteiger partial charge on any atom is -0.465 e. The first-order valence-electron chi connectivity index (χ1n) is 6.68. The molecule has 0 N–H and O–H groups in total. The van der Waals surface area contributed by atoms with E-state index in [1.54, 1.807) is 27.9 Å². The standard InChI is InChI=1S/C14H24O4/c1-5-18-12(16)13(2,3)11(15)14(17-4)9-7-6-8-10-14/h5-10H2,1-4H3. The number of Topliss-reactive ketones (excluding diaryl/α,β-unsaturated/α-hetero) is 1. The highest BCUT2D eigenvalue weighted by Crippen LogP contribution is 2.38. The van der Waals surface area contributed by atoms with Crippen molar-refractivity contribution >= 4 is 11.8 Å². The third-order valence-electron chi connectivity index (χ3n) is 3.82. The fraction of sp³-hybridized carbons (Fsp3) is 0.857. The van der Waals surface area contributed by atoms with Gasteiger partial charge in [-0.1, -0.05) is 19.3 Å². The molecule has 0 saturated heterocycles. The molecule has 0 unspecified atom stereocenters. The lowest BCUT2D eigenvalue weighted by Crippen LogP contribution is -2.52. The van der Waals surface area contributed by atoms with Gasteiger partial charge in [0.15, 0.2) is 5.78 Å². The molecule has 0 aliphatic heterocycles. The molecule has 1 aliphatic rings. The molecule has 0 aromatic rings. The molecule has 1 aliphatic carbocycles. The first-order valence-corrected chi connectivity index (χ1v) is 6.68. The van der Waals surface area contributed by atoms with E-state index in [0.717, 1.165) is 19.3 Å². The van der Waals surface area contributed by atoms with Crippen LogP contribution in [0.2, 0.25) is 0 Å². The summed E-state index contributed by atoms with van der Waals surface area (Å²) in [6.07, 6.45) is 4.46. The third kappa shape index (κ3) is 2.74. The maximum atomic E-state index is 12.7. The number of hydrogen-bond donors (Lipinski definition) is 0. The van der Waals surface area contributed by atoms with Crippen LogP contribution in [0.1, 0.15) is 52.9 Å². The van der Waals surface area contributed by atoms with Crippen LogP contribution in [0.25, 0.3) is 0 Å². The summed E-state index contributed by atoms with van der Waals surface area (Å²) in [6, 6.07) is 0. The zero-order valence-corrected chi connectivity index (χ0v) is 11.9. The Bertz CT molecular complexity index is 314. The molecule has 104 valence electrons. The molecule has 1 rings (SSSR count). The fourth-order valence-electron chi connectivity index (χ4n) is 2.62. The summed E-state index contributed by atoms with van der Waals surface area (Å²) in [5.74, 6) is -0.604. The van der Waals surface area contributed by atoms with Crippen molar-refractivity contribution in [1.29, 1.82) is 0 Å². The van der Waals surface area contributed by atoms with Crippen LogP contribution in [0.5, 0.6) is 0 Å². The zero-order chi connectivity index (χ0) is 13.8. The van der Waals surface area contributed by atoms with Crippen LogP contribution in [0.15, 0.2) is 0 Å². The van der Waals surface area contributed by atoms with E-state index < -0.39 is 17.0 Å². The van der Waals surface area contributed by atoms with Crippen LogP contribution in [0.4, 0.5) is 0 Å². The number of carbonyl (C=O) groups is 2. The highest BCUT2D eigenvalue weighted by Gasteiger charge is 2.50. The number of ether oxygens (including phenoxy) is 2. The third-order valence-corrected chi connectivity index (χ3v) is 3.82. The summed E-state index contributed by atoms with van der Waals surface area (Å²) in [4.78, 5) is 24.6. The number of hydrogen-bond acceptors (Lipinski definition) is 4. The van der Waals surface area contributed by atoms with Gasteiger partial charge in [-0.2, -0.15) is 0 Å². The zero-order valence-electron chi connectivity index (χ0n) is 11.9. The molecule has 0 aromatic heterocycles. The second-order valence-corrected chi connectivity index (χ2v) is 5.43. The van der Waals surface area contributed by atoms with Crippen molar-refractivity contribution in [1.82, 2.24) is 0 Å². The second kappa shape index (κ2) is 5.83. The Labute approximate surface area is 109 Å². The van der Waals surface area contributed by atoms with Crippen molar-refractivity contribution in [3.05, 3.63) is 0 Å². The van der Waals surface area contributed by atoms with Gasteiger partial charge in [0, 0.05) is 7.11 Å². The molecule has 0 aromatic carbocycles. The van der Waals surface area contributed by atoms with Gasteiger partial charge in [-0.15, -0.1) is 0 Å². The van der Waals surface area contributed by atoms with E-state index in [-0.39, 0.29) is 12.4 Å². The van der Waals surface area contributed by atoms with Crippen LogP contribution in [0.3, 0.4) is 0 Å². The van der Waals surface area contributed by atoms with Gasteiger partial charge in [0.05, 0.1) is 6.61 Å². The molecule has 0 bridgehead atoms. The van der Waals surface area contributed by atoms with Crippen molar-refractivity contribution in [2.45, 2.75) is 58.5 Å². The number of ketones is 1. The van der Waals surface area contributed by atoms with Gasteiger partial charge < -0.3 is 9.47 Å². The maximum absolute atomic E-state index is 12.7. The van der Waals surface area contributed by atoms with Gasteiger partial charge in [0.25, 0.3) is 0 Å². The largest absolute Gasteiger partial charge is 0.465 e. The molecule has 0 spiro atoms. The van der Waals surface area contributed by atoms with E-state index in [4.69, 9.17) is 9.47 Å². The van der Waals surface area contributed by atoms with Crippen molar-refractivity contribution in [2.24, 2.45) is 5.41 Å². The van der Waals surface area contributed by atoms with E-state index in [2.05, 4.69) is 0 Å². The summed E-state index contributed by atoms with van der Waals surface area (Å²) in [5, 5.41) is 0.